The minimum atomic E-state index is -3.59. The maximum atomic E-state index is 12.0. The van der Waals surface area contributed by atoms with Crippen molar-refractivity contribution in [3.63, 3.8) is 0 Å². The minimum absolute atomic E-state index is 0.121. The Kier molecular flexibility index (Phi) is 5.66. The van der Waals surface area contributed by atoms with Gasteiger partial charge in [-0.05, 0) is 37.6 Å². The summed E-state index contributed by atoms with van der Waals surface area (Å²) >= 11 is 0. The Morgan fingerprint density at radius 3 is 2.42 bits per heavy atom. The molecule has 1 N–H and O–H groups in total. The van der Waals surface area contributed by atoms with Gasteiger partial charge in [-0.1, -0.05) is 0 Å². The number of hydrogen-bond donors (Lipinski definition) is 1. The summed E-state index contributed by atoms with van der Waals surface area (Å²) in [5.74, 6) is 0.455. The van der Waals surface area contributed by atoms with E-state index in [-0.39, 0.29) is 10.9 Å². The molecule has 0 heterocycles. The molecule has 0 aliphatic rings. The van der Waals surface area contributed by atoms with Crippen molar-refractivity contribution < 1.29 is 12.6 Å². The van der Waals surface area contributed by atoms with Crippen molar-refractivity contribution in [2.24, 2.45) is 0 Å². The Morgan fingerprint density at radius 2 is 1.95 bits per heavy atom. The average molecular weight is 300 g/mol. The van der Waals surface area contributed by atoms with Gasteiger partial charge in [0.25, 0.3) is 0 Å². The van der Waals surface area contributed by atoms with Crippen LogP contribution in [0.2, 0.25) is 0 Å². The number of hydrogen-bond acceptors (Lipinski definition) is 4. The normalized spacial score (nSPS) is 14.6. The Bertz CT molecular complexity index is 588. The average Bonchev–Trinajstić information content (AvgIpc) is 2.36. The van der Waals surface area contributed by atoms with E-state index in [1.54, 1.807) is 13.2 Å². The molecule has 1 aromatic rings. The lowest BCUT2D eigenvalue weighted by molar-refractivity contribution is 0.556. The van der Waals surface area contributed by atoms with E-state index in [2.05, 4.69) is 4.72 Å². The highest BCUT2D eigenvalue weighted by molar-refractivity contribution is 7.89. The first kappa shape index (κ1) is 15.8. The molecule has 1 aromatic carbocycles. The second-order valence-electron chi connectivity index (χ2n) is 4.22. The zero-order chi connectivity index (χ0) is 14.5. The van der Waals surface area contributed by atoms with Gasteiger partial charge in [-0.15, -0.1) is 0 Å². The first-order valence-corrected chi connectivity index (χ1v) is 8.88. The quantitative estimate of drug-likeness (QED) is 0.849. The summed E-state index contributed by atoms with van der Waals surface area (Å²) in [6.07, 6.45) is 2.10. The first-order valence-electron chi connectivity index (χ1n) is 5.67. The molecule has 0 fully saturated rings. The fourth-order valence-corrected chi connectivity index (χ4v) is 3.41. The monoisotopic (exact) mass is 300 g/mol. The first-order chi connectivity index (χ1) is 8.85. The van der Waals surface area contributed by atoms with E-state index in [4.69, 9.17) is 5.26 Å². The highest BCUT2D eigenvalue weighted by Crippen LogP contribution is 2.11. The third-order valence-corrected chi connectivity index (χ3v) is 4.90. The molecule has 0 bridgehead atoms. The lowest BCUT2D eigenvalue weighted by atomic mass is 10.2. The highest BCUT2D eigenvalue weighted by atomic mass is 32.2. The van der Waals surface area contributed by atoms with Crippen molar-refractivity contribution in [3.8, 4) is 6.07 Å². The van der Waals surface area contributed by atoms with E-state index in [9.17, 15) is 12.6 Å². The van der Waals surface area contributed by atoms with Crippen molar-refractivity contribution >= 4 is 20.8 Å². The molecular weight excluding hydrogens is 284 g/mol. The summed E-state index contributed by atoms with van der Waals surface area (Å²) in [5.41, 5.74) is 0.411. The van der Waals surface area contributed by atoms with Gasteiger partial charge < -0.3 is 0 Å². The molecule has 0 aliphatic heterocycles. The molecule has 1 rings (SSSR count). The van der Waals surface area contributed by atoms with E-state index in [0.717, 1.165) is 0 Å². The second-order valence-corrected chi connectivity index (χ2v) is 7.49. The van der Waals surface area contributed by atoms with E-state index >= 15 is 0 Å². The number of rotatable bonds is 6. The number of nitrogens with zero attached hydrogens (tertiary/aromatic N) is 1. The molecule has 19 heavy (non-hydrogen) atoms. The van der Waals surface area contributed by atoms with Gasteiger partial charge in [0.05, 0.1) is 16.5 Å². The summed E-state index contributed by atoms with van der Waals surface area (Å²) < 4.78 is 37.5. The van der Waals surface area contributed by atoms with Crippen molar-refractivity contribution in [3.05, 3.63) is 29.8 Å². The van der Waals surface area contributed by atoms with Crippen LogP contribution in [0.3, 0.4) is 0 Å². The van der Waals surface area contributed by atoms with Crippen molar-refractivity contribution in [1.29, 1.82) is 5.26 Å². The Morgan fingerprint density at radius 1 is 1.37 bits per heavy atom. The van der Waals surface area contributed by atoms with E-state index < -0.39 is 20.8 Å². The lowest BCUT2D eigenvalue weighted by Crippen LogP contribution is -2.33. The molecular formula is C12H16N2O3S2. The van der Waals surface area contributed by atoms with Gasteiger partial charge in [0.2, 0.25) is 10.0 Å². The highest BCUT2D eigenvalue weighted by Gasteiger charge is 2.17. The second kappa shape index (κ2) is 6.80. The zero-order valence-electron chi connectivity index (χ0n) is 10.8. The Labute approximate surface area is 116 Å². The molecule has 7 heteroatoms. The third-order valence-electron chi connectivity index (χ3n) is 2.49. The molecule has 0 spiro atoms. The Balaban J connectivity index is 2.75. The molecule has 0 saturated heterocycles. The molecule has 0 amide bonds. The number of benzene rings is 1. The molecule has 2 atom stereocenters. The van der Waals surface area contributed by atoms with Crippen LogP contribution in [0.4, 0.5) is 0 Å². The van der Waals surface area contributed by atoms with Crippen LogP contribution < -0.4 is 4.72 Å². The summed E-state index contributed by atoms with van der Waals surface area (Å²) in [6.45, 7) is 1.73. The van der Waals surface area contributed by atoms with Crippen molar-refractivity contribution in [2.75, 3.05) is 12.0 Å². The topological polar surface area (TPSA) is 87.0 Å². The largest absolute Gasteiger partial charge is 0.260 e. The Hall–Kier alpha value is -1.23. The molecule has 104 valence electrons. The fraction of sp³-hybridized carbons (Fsp3) is 0.417. The predicted molar refractivity (Wildman–Crippen MR) is 74.5 cm³/mol. The van der Waals surface area contributed by atoms with Crippen LogP contribution in [0.5, 0.6) is 0 Å². The summed E-state index contributed by atoms with van der Waals surface area (Å²) in [7, 11) is -4.53. The maximum Gasteiger partial charge on any atom is 0.240 e. The summed E-state index contributed by atoms with van der Waals surface area (Å²) in [4.78, 5) is 0.121. The summed E-state index contributed by atoms with van der Waals surface area (Å²) in [5, 5.41) is 8.65. The van der Waals surface area contributed by atoms with Crippen LogP contribution in [0.1, 0.15) is 18.9 Å². The van der Waals surface area contributed by atoms with Crippen LogP contribution in [-0.2, 0) is 20.8 Å². The standard InChI is InChI=1S/C12H16N2O3S2/c1-10(7-8-18(2)15)14-19(16,17)12-5-3-11(9-13)4-6-12/h3-6,10,14H,7-8H2,1-2H3. The van der Waals surface area contributed by atoms with Gasteiger partial charge in [0.1, 0.15) is 0 Å². The van der Waals surface area contributed by atoms with Crippen LogP contribution >= 0.6 is 0 Å². The van der Waals surface area contributed by atoms with Crippen LogP contribution in [0.25, 0.3) is 0 Å². The van der Waals surface area contributed by atoms with Crippen molar-refractivity contribution in [2.45, 2.75) is 24.3 Å². The van der Waals surface area contributed by atoms with Crippen LogP contribution in [-0.4, -0.2) is 30.7 Å². The van der Waals surface area contributed by atoms with E-state index in [1.807, 2.05) is 6.07 Å². The van der Waals surface area contributed by atoms with Gasteiger partial charge in [-0.25, -0.2) is 13.1 Å². The maximum absolute atomic E-state index is 12.0. The predicted octanol–water partition coefficient (Wildman–Crippen LogP) is 0.994. The molecule has 0 radical (unpaired) electrons. The number of sulfonamides is 1. The number of nitrogens with one attached hydrogen (secondary N) is 1. The summed E-state index contributed by atoms with van der Waals surface area (Å²) in [6, 6.07) is 7.35. The van der Waals surface area contributed by atoms with Gasteiger partial charge in [0, 0.05) is 28.9 Å². The van der Waals surface area contributed by atoms with E-state index in [0.29, 0.717) is 17.7 Å². The molecule has 0 aromatic heterocycles. The lowest BCUT2D eigenvalue weighted by Gasteiger charge is -2.13. The smallest absolute Gasteiger partial charge is 0.240 e. The molecule has 5 nitrogen and oxygen atoms in total. The van der Waals surface area contributed by atoms with Crippen LogP contribution in [0.15, 0.2) is 29.2 Å². The zero-order valence-corrected chi connectivity index (χ0v) is 12.4. The van der Waals surface area contributed by atoms with Gasteiger partial charge in [0.15, 0.2) is 0 Å². The number of nitriles is 1. The van der Waals surface area contributed by atoms with Crippen molar-refractivity contribution in [1.82, 2.24) is 4.72 Å². The fourth-order valence-electron chi connectivity index (χ4n) is 1.44. The third kappa shape index (κ3) is 5.11. The van der Waals surface area contributed by atoms with E-state index in [1.165, 1.54) is 24.3 Å². The minimum Gasteiger partial charge on any atom is -0.260 e. The molecule has 0 saturated carbocycles. The molecule has 0 aliphatic carbocycles. The van der Waals surface area contributed by atoms with Gasteiger partial charge in [-0.2, -0.15) is 5.26 Å². The molecule has 2 unspecified atom stereocenters. The SMILES string of the molecule is CC(CCS(C)=O)NS(=O)(=O)c1ccc(C#N)cc1. The van der Waals surface area contributed by atoms with Gasteiger partial charge in [-0.3, -0.25) is 4.21 Å². The van der Waals surface area contributed by atoms with Crippen LogP contribution in [0, 0.1) is 11.3 Å². The van der Waals surface area contributed by atoms with Gasteiger partial charge >= 0.3 is 0 Å².